The molecule has 0 aromatic heterocycles. The van der Waals surface area contributed by atoms with Gasteiger partial charge in [-0.1, -0.05) is 30.3 Å². The van der Waals surface area contributed by atoms with E-state index in [9.17, 15) is 14.7 Å². The first-order valence-electron chi connectivity index (χ1n) is 10.9. The molecule has 1 N–H and O–H groups in total. The van der Waals surface area contributed by atoms with E-state index in [-0.39, 0.29) is 6.10 Å². The number of aliphatic hydroxyl groups is 1. The second kappa shape index (κ2) is 11.2. The lowest BCUT2D eigenvalue weighted by Gasteiger charge is -2.44. The Morgan fingerprint density at radius 2 is 1.62 bits per heavy atom. The van der Waals surface area contributed by atoms with Crippen LogP contribution < -0.4 is 0 Å². The van der Waals surface area contributed by atoms with Gasteiger partial charge in [0.15, 0.2) is 24.8 Å². The largest absolute Gasteiger partial charge is 0.457 e. The Balaban J connectivity index is 1.71. The van der Waals surface area contributed by atoms with Crippen molar-refractivity contribution in [1.82, 2.24) is 0 Å². The van der Waals surface area contributed by atoms with Crippen molar-refractivity contribution >= 4 is 11.9 Å². The molecule has 0 radical (unpaired) electrons. The summed E-state index contributed by atoms with van der Waals surface area (Å²) < 4.78 is 34.4. The molecular weight excluding hydrogens is 420 g/mol. The maximum absolute atomic E-state index is 11.7. The number of carbonyl (C=O) groups is 2. The predicted molar refractivity (Wildman–Crippen MR) is 111 cm³/mol. The zero-order valence-electron chi connectivity index (χ0n) is 18.8. The van der Waals surface area contributed by atoms with E-state index in [0.29, 0.717) is 13.0 Å². The van der Waals surface area contributed by atoms with Crippen molar-refractivity contribution in [1.29, 1.82) is 0 Å². The first-order chi connectivity index (χ1) is 15.2. The summed E-state index contributed by atoms with van der Waals surface area (Å²) in [6, 6.07) is 9.70. The highest BCUT2D eigenvalue weighted by Crippen LogP contribution is 2.31. The summed E-state index contributed by atoms with van der Waals surface area (Å²) in [7, 11) is 0. The molecule has 1 aromatic carbocycles. The van der Waals surface area contributed by atoms with Gasteiger partial charge >= 0.3 is 11.9 Å². The van der Waals surface area contributed by atoms with Gasteiger partial charge in [-0.05, 0) is 32.3 Å². The third-order valence-corrected chi connectivity index (χ3v) is 5.45. The number of hydrogen-bond acceptors (Lipinski definition) is 9. The number of esters is 2. The number of benzene rings is 1. The van der Waals surface area contributed by atoms with Gasteiger partial charge in [0.05, 0.1) is 18.8 Å². The van der Waals surface area contributed by atoms with Gasteiger partial charge < -0.3 is 33.5 Å². The lowest BCUT2D eigenvalue weighted by molar-refractivity contribution is -0.340. The molecule has 0 amide bonds. The SMILES string of the molecule is CC(=O)OC1C(O)[C@@H](OC(C)=O)C(C)O[C@H]1O[C@H]1CCC(C)O[C@H]1OCc1ccccc1. The molecule has 8 atom stereocenters. The first-order valence-corrected chi connectivity index (χ1v) is 10.9. The van der Waals surface area contributed by atoms with Gasteiger partial charge in [-0.3, -0.25) is 9.59 Å². The molecule has 0 spiro atoms. The lowest BCUT2D eigenvalue weighted by Crippen LogP contribution is -2.61. The molecule has 2 saturated heterocycles. The molecule has 4 unspecified atom stereocenters. The van der Waals surface area contributed by atoms with Gasteiger partial charge in [0, 0.05) is 13.8 Å². The Labute approximate surface area is 187 Å². The van der Waals surface area contributed by atoms with Crippen LogP contribution in [0.15, 0.2) is 30.3 Å². The van der Waals surface area contributed by atoms with Crippen LogP contribution in [0.25, 0.3) is 0 Å². The van der Waals surface area contributed by atoms with Crippen LogP contribution in [0.1, 0.15) is 46.1 Å². The molecule has 32 heavy (non-hydrogen) atoms. The number of rotatable bonds is 7. The van der Waals surface area contributed by atoms with E-state index >= 15 is 0 Å². The Bertz CT molecular complexity index is 755. The zero-order valence-corrected chi connectivity index (χ0v) is 18.8. The second-order valence-corrected chi connectivity index (χ2v) is 8.21. The molecule has 2 aliphatic rings. The molecule has 178 valence electrons. The van der Waals surface area contributed by atoms with E-state index in [1.54, 1.807) is 6.92 Å². The van der Waals surface area contributed by atoms with Gasteiger partial charge in [-0.15, -0.1) is 0 Å². The molecule has 9 nitrogen and oxygen atoms in total. The van der Waals surface area contributed by atoms with Crippen LogP contribution in [-0.4, -0.2) is 66.2 Å². The van der Waals surface area contributed by atoms with Gasteiger partial charge in [0.2, 0.25) is 0 Å². The average Bonchev–Trinajstić information content (AvgIpc) is 2.74. The molecule has 0 saturated carbocycles. The molecule has 2 fully saturated rings. The molecule has 3 rings (SSSR count). The summed E-state index contributed by atoms with van der Waals surface area (Å²) in [4.78, 5) is 23.1. The zero-order chi connectivity index (χ0) is 23.3. The highest BCUT2D eigenvalue weighted by atomic mass is 16.8. The fraction of sp³-hybridized carbons (Fsp3) is 0.652. The smallest absolute Gasteiger partial charge is 0.303 e. The first kappa shape index (κ1) is 24.6. The molecule has 1 aromatic rings. The Morgan fingerprint density at radius 3 is 2.28 bits per heavy atom. The second-order valence-electron chi connectivity index (χ2n) is 8.21. The minimum absolute atomic E-state index is 0.00924. The summed E-state index contributed by atoms with van der Waals surface area (Å²) in [5.41, 5.74) is 0.994. The molecule has 9 heteroatoms. The van der Waals surface area contributed by atoms with Crippen molar-refractivity contribution in [2.24, 2.45) is 0 Å². The van der Waals surface area contributed by atoms with Gasteiger partial charge in [0.25, 0.3) is 0 Å². The Kier molecular flexibility index (Phi) is 8.61. The van der Waals surface area contributed by atoms with Crippen LogP contribution >= 0.6 is 0 Å². The predicted octanol–water partition coefficient (Wildman–Crippen LogP) is 2.08. The van der Waals surface area contributed by atoms with Crippen LogP contribution in [0, 0.1) is 0 Å². The maximum Gasteiger partial charge on any atom is 0.303 e. The average molecular weight is 453 g/mol. The van der Waals surface area contributed by atoms with Crippen molar-refractivity contribution in [2.45, 2.75) is 96.3 Å². The number of aliphatic hydroxyl groups excluding tert-OH is 1. The van der Waals surface area contributed by atoms with Crippen molar-refractivity contribution in [2.75, 3.05) is 0 Å². The number of hydrogen-bond donors (Lipinski definition) is 1. The normalized spacial score (nSPS) is 35.2. The molecule has 0 aliphatic carbocycles. The van der Waals surface area contributed by atoms with Crippen LogP contribution in [0.3, 0.4) is 0 Å². The van der Waals surface area contributed by atoms with Crippen LogP contribution in [-0.2, 0) is 44.6 Å². The quantitative estimate of drug-likeness (QED) is 0.622. The fourth-order valence-electron chi connectivity index (χ4n) is 3.90. The third kappa shape index (κ3) is 6.49. The third-order valence-electron chi connectivity index (χ3n) is 5.45. The molecular formula is C23H32O9. The highest BCUT2D eigenvalue weighted by molar-refractivity contribution is 5.67. The molecule has 2 aliphatic heterocycles. The summed E-state index contributed by atoms with van der Waals surface area (Å²) in [6.45, 7) is 6.41. The monoisotopic (exact) mass is 452 g/mol. The van der Waals surface area contributed by atoms with E-state index in [1.165, 1.54) is 13.8 Å². The van der Waals surface area contributed by atoms with E-state index in [1.807, 2.05) is 37.3 Å². The Hall–Kier alpha value is -2.04. The summed E-state index contributed by atoms with van der Waals surface area (Å²) in [5.74, 6) is -1.19. The van der Waals surface area contributed by atoms with Crippen LogP contribution in [0.5, 0.6) is 0 Å². The van der Waals surface area contributed by atoms with Gasteiger partial charge in [-0.25, -0.2) is 0 Å². The van der Waals surface area contributed by atoms with E-state index in [4.69, 9.17) is 28.4 Å². The van der Waals surface area contributed by atoms with Crippen molar-refractivity contribution in [3.05, 3.63) is 35.9 Å². The van der Waals surface area contributed by atoms with Gasteiger partial charge in [-0.2, -0.15) is 0 Å². The lowest BCUT2D eigenvalue weighted by atomic mass is 9.99. The summed E-state index contributed by atoms with van der Waals surface area (Å²) >= 11 is 0. The molecule has 0 bridgehead atoms. The van der Waals surface area contributed by atoms with E-state index < -0.39 is 55.0 Å². The Morgan fingerprint density at radius 1 is 0.969 bits per heavy atom. The minimum Gasteiger partial charge on any atom is -0.457 e. The summed E-state index contributed by atoms with van der Waals surface area (Å²) in [6.07, 6.45) is -5.07. The highest BCUT2D eigenvalue weighted by Gasteiger charge is 2.49. The van der Waals surface area contributed by atoms with Crippen LogP contribution in [0.2, 0.25) is 0 Å². The van der Waals surface area contributed by atoms with Crippen molar-refractivity contribution in [3.63, 3.8) is 0 Å². The summed E-state index contributed by atoms with van der Waals surface area (Å²) in [5, 5.41) is 10.8. The standard InChI is InChI=1S/C23H32O9/c1-13-10-11-18(22(28-13)27-12-17-8-6-5-7-9-17)32-23-21(31-16(4)25)19(26)20(14(2)29-23)30-15(3)24/h5-9,13-14,18-23,26H,10-12H2,1-4H3/t13?,14?,18-,19?,20-,21?,22+,23-/m0/s1. The van der Waals surface area contributed by atoms with Crippen LogP contribution in [0.4, 0.5) is 0 Å². The topological polar surface area (TPSA) is 110 Å². The number of carbonyl (C=O) groups excluding carboxylic acids is 2. The number of ether oxygens (including phenoxy) is 6. The van der Waals surface area contributed by atoms with Crippen molar-refractivity contribution in [3.8, 4) is 0 Å². The minimum atomic E-state index is -1.32. The van der Waals surface area contributed by atoms with E-state index in [2.05, 4.69) is 0 Å². The molecule has 2 heterocycles. The fourth-order valence-corrected chi connectivity index (χ4v) is 3.90. The van der Waals surface area contributed by atoms with Crippen molar-refractivity contribution < 1.29 is 43.1 Å². The van der Waals surface area contributed by atoms with Gasteiger partial charge in [0.1, 0.15) is 12.2 Å². The maximum atomic E-state index is 11.7. The van der Waals surface area contributed by atoms with E-state index in [0.717, 1.165) is 12.0 Å².